The molecule has 19 heavy (non-hydrogen) atoms. The highest BCUT2D eigenvalue weighted by Gasteiger charge is 2.24. The van der Waals surface area contributed by atoms with Crippen LogP contribution in [-0.2, 0) is 11.3 Å². The van der Waals surface area contributed by atoms with Crippen LogP contribution in [0.1, 0.15) is 30.4 Å². The molecule has 0 atom stereocenters. The van der Waals surface area contributed by atoms with Gasteiger partial charge >= 0.3 is 0 Å². The number of carbonyl (C=O) groups is 1. The standard InChI is InChI=1S/C15H21NO3/c1-10-7-13(18-2)14(19-3)8-12(10)9-16-15(17)11-5-4-6-11/h7-8,11H,4-6,9H2,1-3H3,(H,16,17). The summed E-state index contributed by atoms with van der Waals surface area (Å²) >= 11 is 0. The van der Waals surface area contributed by atoms with Gasteiger partial charge in [0.2, 0.25) is 5.91 Å². The van der Waals surface area contributed by atoms with Crippen LogP contribution in [0.25, 0.3) is 0 Å². The molecule has 0 spiro atoms. The molecule has 1 amide bonds. The molecule has 0 unspecified atom stereocenters. The molecule has 1 N–H and O–H groups in total. The minimum atomic E-state index is 0.167. The van der Waals surface area contributed by atoms with Crippen LogP contribution in [0.5, 0.6) is 11.5 Å². The third-order valence-corrected chi connectivity index (χ3v) is 3.77. The van der Waals surface area contributed by atoms with Crippen LogP contribution in [0.2, 0.25) is 0 Å². The van der Waals surface area contributed by atoms with Gasteiger partial charge in [-0.25, -0.2) is 0 Å². The molecule has 2 rings (SSSR count). The van der Waals surface area contributed by atoms with E-state index < -0.39 is 0 Å². The van der Waals surface area contributed by atoms with Crippen molar-refractivity contribution in [1.82, 2.24) is 5.32 Å². The summed E-state index contributed by atoms with van der Waals surface area (Å²) in [6, 6.07) is 3.86. The number of aryl methyl sites for hydroxylation is 1. The molecule has 104 valence electrons. The second-order valence-corrected chi connectivity index (χ2v) is 4.98. The van der Waals surface area contributed by atoms with E-state index in [1.807, 2.05) is 19.1 Å². The Morgan fingerprint density at radius 1 is 1.26 bits per heavy atom. The lowest BCUT2D eigenvalue weighted by Crippen LogP contribution is -2.34. The molecule has 0 aromatic heterocycles. The van der Waals surface area contributed by atoms with Crippen LogP contribution in [0.15, 0.2) is 12.1 Å². The van der Waals surface area contributed by atoms with Gasteiger partial charge in [0.1, 0.15) is 0 Å². The normalized spacial score (nSPS) is 14.7. The van der Waals surface area contributed by atoms with Gasteiger partial charge in [-0.2, -0.15) is 0 Å². The SMILES string of the molecule is COc1cc(C)c(CNC(=O)C2CCC2)cc1OC. The number of nitrogens with one attached hydrogen (secondary N) is 1. The summed E-state index contributed by atoms with van der Waals surface area (Å²) in [7, 11) is 3.24. The van der Waals surface area contributed by atoms with Crippen LogP contribution in [0, 0.1) is 12.8 Å². The van der Waals surface area contributed by atoms with Crippen molar-refractivity contribution in [1.29, 1.82) is 0 Å². The number of ether oxygens (including phenoxy) is 2. The van der Waals surface area contributed by atoms with Gasteiger partial charge in [0.05, 0.1) is 14.2 Å². The zero-order valence-electron chi connectivity index (χ0n) is 11.8. The number of hydrogen-bond donors (Lipinski definition) is 1. The van der Waals surface area contributed by atoms with E-state index in [4.69, 9.17) is 9.47 Å². The first kappa shape index (κ1) is 13.7. The molecule has 1 aliphatic rings. The first-order chi connectivity index (χ1) is 9.15. The lowest BCUT2D eigenvalue weighted by Gasteiger charge is -2.24. The Morgan fingerprint density at radius 3 is 2.42 bits per heavy atom. The van der Waals surface area contributed by atoms with Crippen molar-refractivity contribution >= 4 is 5.91 Å². The lowest BCUT2D eigenvalue weighted by molar-refractivity contribution is -0.127. The van der Waals surface area contributed by atoms with Crippen LogP contribution >= 0.6 is 0 Å². The van der Waals surface area contributed by atoms with Crippen molar-refractivity contribution in [3.63, 3.8) is 0 Å². The Bertz CT molecular complexity index is 467. The van der Waals surface area contributed by atoms with Gasteiger partial charge in [-0.05, 0) is 43.0 Å². The van der Waals surface area contributed by atoms with E-state index in [0.717, 1.165) is 24.0 Å². The quantitative estimate of drug-likeness (QED) is 0.887. The van der Waals surface area contributed by atoms with Crippen LogP contribution in [0.4, 0.5) is 0 Å². The van der Waals surface area contributed by atoms with Crippen LogP contribution in [0.3, 0.4) is 0 Å². The predicted octanol–water partition coefficient (Wildman–Crippen LogP) is 2.43. The van der Waals surface area contributed by atoms with Gasteiger partial charge in [0.25, 0.3) is 0 Å². The Labute approximate surface area is 114 Å². The fourth-order valence-corrected chi connectivity index (χ4v) is 2.21. The van der Waals surface area contributed by atoms with Gasteiger partial charge in [-0.15, -0.1) is 0 Å². The van der Waals surface area contributed by atoms with E-state index in [-0.39, 0.29) is 11.8 Å². The van der Waals surface area contributed by atoms with Gasteiger partial charge in [0, 0.05) is 12.5 Å². The van der Waals surface area contributed by atoms with Crippen molar-refractivity contribution < 1.29 is 14.3 Å². The van der Waals surface area contributed by atoms with Gasteiger partial charge in [-0.3, -0.25) is 4.79 Å². The molecule has 1 saturated carbocycles. The third-order valence-electron chi connectivity index (χ3n) is 3.77. The number of amides is 1. The van der Waals surface area contributed by atoms with E-state index >= 15 is 0 Å². The topological polar surface area (TPSA) is 47.6 Å². The van der Waals surface area contributed by atoms with E-state index in [1.54, 1.807) is 14.2 Å². The number of rotatable bonds is 5. The first-order valence-electron chi connectivity index (χ1n) is 6.65. The molecule has 0 aliphatic heterocycles. The maximum absolute atomic E-state index is 11.8. The summed E-state index contributed by atoms with van der Waals surface area (Å²) < 4.78 is 10.5. The van der Waals surface area contributed by atoms with Crippen molar-refractivity contribution in [3.05, 3.63) is 23.3 Å². The third kappa shape index (κ3) is 3.00. The minimum Gasteiger partial charge on any atom is -0.493 e. The molecule has 0 saturated heterocycles. The predicted molar refractivity (Wildman–Crippen MR) is 73.5 cm³/mol. The van der Waals surface area contributed by atoms with Crippen molar-refractivity contribution in [2.45, 2.75) is 32.7 Å². The molecule has 0 bridgehead atoms. The smallest absolute Gasteiger partial charge is 0.223 e. The summed E-state index contributed by atoms with van der Waals surface area (Å²) in [5, 5.41) is 3.00. The Balaban J connectivity index is 2.04. The first-order valence-corrected chi connectivity index (χ1v) is 6.65. The lowest BCUT2D eigenvalue weighted by atomic mass is 9.85. The Hall–Kier alpha value is -1.71. The summed E-state index contributed by atoms with van der Waals surface area (Å²) in [4.78, 5) is 11.8. The molecule has 1 fully saturated rings. The molecule has 4 heteroatoms. The highest BCUT2D eigenvalue weighted by atomic mass is 16.5. The van der Waals surface area contributed by atoms with Gasteiger partial charge in [-0.1, -0.05) is 6.42 Å². The second kappa shape index (κ2) is 5.95. The molecule has 1 aromatic rings. The molecule has 4 nitrogen and oxygen atoms in total. The second-order valence-electron chi connectivity index (χ2n) is 4.98. The summed E-state index contributed by atoms with van der Waals surface area (Å²) in [5.41, 5.74) is 2.15. The fraction of sp³-hybridized carbons (Fsp3) is 0.533. The molecule has 1 aromatic carbocycles. The maximum atomic E-state index is 11.8. The van der Waals surface area contributed by atoms with Crippen LogP contribution in [-0.4, -0.2) is 20.1 Å². The average Bonchev–Trinajstić information content (AvgIpc) is 2.34. The summed E-state index contributed by atoms with van der Waals surface area (Å²) in [6.45, 7) is 2.55. The number of methoxy groups -OCH3 is 2. The molecule has 0 radical (unpaired) electrons. The minimum absolute atomic E-state index is 0.167. The number of benzene rings is 1. The van der Waals surface area contributed by atoms with E-state index in [9.17, 15) is 4.79 Å². The Morgan fingerprint density at radius 2 is 1.89 bits per heavy atom. The zero-order valence-corrected chi connectivity index (χ0v) is 11.8. The highest BCUT2D eigenvalue weighted by Crippen LogP contribution is 2.30. The summed E-state index contributed by atoms with van der Waals surface area (Å²) in [6.07, 6.45) is 3.22. The Kier molecular flexibility index (Phi) is 4.30. The van der Waals surface area contributed by atoms with E-state index in [0.29, 0.717) is 18.0 Å². The molecule has 0 heterocycles. The van der Waals surface area contributed by atoms with Crippen molar-refractivity contribution in [3.8, 4) is 11.5 Å². The average molecular weight is 263 g/mol. The number of carbonyl (C=O) groups excluding carboxylic acids is 1. The molecular weight excluding hydrogens is 242 g/mol. The van der Waals surface area contributed by atoms with Crippen molar-refractivity contribution in [2.75, 3.05) is 14.2 Å². The van der Waals surface area contributed by atoms with E-state index in [2.05, 4.69) is 5.32 Å². The van der Waals surface area contributed by atoms with E-state index in [1.165, 1.54) is 6.42 Å². The van der Waals surface area contributed by atoms with Gasteiger partial charge < -0.3 is 14.8 Å². The molecular formula is C15H21NO3. The summed E-state index contributed by atoms with van der Waals surface area (Å²) in [5.74, 6) is 1.80. The zero-order chi connectivity index (χ0) is 13.8. The maximum Gasteiger partial charge on any atom is 0.223 e. The van der Waals surface area contributed by atoms with Gasteiger partial charge in [0.15, 0.2) is 11.5 Å². The molecule has 1 aliphatic carbocycles. The van der Waals surface area contributed by atoms with Crippen molar-refractivity contribution in [2.24, 2.45) is 5.92 Å². The monoisotopic (exact) mass is 263 g/mol. The number of hydrogen-bond acceptors (Lipinski definition) is 3. The fourth-order valence-electron chi connectivity index (χ4n) is 2.21. The van der Waals surface area contributed by atoms with Crippen LogP contribution < -0.4 is 14.8 Å². The highest BCUT2D eigenvalue weighted by molar-refractivity contribution is 5.79. The largest absolute Gasteiger partial charge is 0.493 e.